The van der Waals surface area contributed by atoms with Crippen LogP contribution in [0.4, 0.5) is 0 Å². The third kappa shape index (κ3) is 5.20. The van der Waals surface area contributed by atoms with Crippen LogP contribution in [0.5, 0.6) is 5.75 Å². The molecule has 104 valence electrons. The molecule has 19 heavy (non-hydrogen) atoms. The molecule has 2 rings (SSSR count). The van der Waals surface area contributed by atoms with Crippen molar-refractivity contribution in [3.63, 3.8) is 0 Å². The van der Waals surface area contributed by atoms with Crippen LogP contribution in [0.1, 0.15) is 19.3 Å². The van der Waals surface area contributed by atoms with Gasteiger partial charge in [-0.3, -0.25) is 4.79 Å². The molecular formula is C14H19BrN2O2. The van der Waals surface area contributed by atoms with E-state index in [1.54, 1.807) is 0 Å². The van der Waals surface area contributed by atoms with Crippen LogP contribution in [0.3, 0.4) is 0 Å². The number of hydrogen-bond donors (Lipinski definition) is 2. The summed E-state index contributed by atoms with van der Waals surface area (Å²) < 4.78 is 6.56. The lowest BCUT2D eigenvalue weighted by Gasteiger charge is -2.11. The number of amides is 1. The van der Waals surface area contributed by atoms with Crippen LogP contribution in [0, 0.1) is 0 Å². The van der Waals surface area contributed by atoms with E-state index < -0.39 is 0 Å². The highest BCUT2D eigenvalue weighted by molar-refractivity contribution is 9.10. The first-order chi connectivity index (χ1) is 9.24. The van der Waals surface area contributed by atoms with E-state index in [-0.39, 0.29) is 5.91 Å². The Labute approximate surface area is 122 Å². The number of carbonyl (C=O) groups excluding carboxylic acids is 1. The van der Waals surface area contributed by atoms with Crippen molar-refractivity contribution < 1.29 is 9.53 Å². The van der Waals surface area contributed by atoms with E-state index in [0.29, 0.717) is 25.6 Å². The summed E-state index contributed by atoms with van der Waals surface area (Å²) in [6, 6.07) is 8.01. The highest BCUT2D eigenvalue weighted by Gasteiger charge is 2.16. The van der Waals surface area contributed by atoms with Crippen LogP contribution in [0.2, 0.25) is 0 Å². The molecule has 5 heteroatoms. The number of carbonyl (C=O) groups is 1. The Kier molecular flexibility index (Phi) is 5.66. The minimum atomic E-state index is 0.0961. The largest absolute Gasteiger partial charge is 0.492 e. The molecule has 1 aliphatic heterocycles. The van der Waals surface area contributed by atoms with Gasteiger partial charge in [0.05, 0.1) is 6.54 Å². The number of ether oxygens (including phenoxy) is 1. The minimum absolute atomic E-state index is 0.0961. The lowest BCUT2D eigenvalue weighted by Crippen LogP contribution is -2.33. The molecule has 0 aliphatic carbocycles. The van der Waals surface area contributed by atoms with Gasteiger partial charge in [0.2, 0.25) is 5.91 Å². The van der Waals surface area contributed by atoms with Gasteiger partial charge in [-0.25, -0.2) is 0 Å². The Morgan fingerprint density at radius 1 is 1.42 bits per heavy atom. The SMILES string of the molecule is O=C(CC1CCCN1)NCCOc1ccc(Br)cc1. The van der Waals surface area contributed by atoms with Crippen LogP contribution in [0.25, 0.3) is 0 Å². The standard InChI is InChI=1S/C14H19BrN2O2/c15-11-3-5-13(6-4-11)19-9-8-17-14(18)10-12-2-1-7-16-12/h3-6,12,16H,1-2,7-10H2,(H,17,18). The van der Waals surface area contributed by atoms with Crippen molar-refractivity contribution in [2.45, 2.75) is 25.3 Å². The first-order valence-corrected chi connectivity index (χ1v) is 7.42. The lowest BCUT2D eigenvalue weighted by molar-refractivity contribution is -0.121. The molecule has 0 radical (unpaired) electrons. The summed E-state index contributed by atoms with van der Waals surface area (Å²) in [5, 5.41) is 6.19. The van der Waals surface area contributed by atoms with E-state index in [4.69, 9.17) is 4.74 Å². The van der Waals surface area contributed by atoms with Crippen molar-refractivity contribution in [1.82, 2.24) is 10.6 Å². The fourth-order valence-corrected chi connectivity index (χ4v) is 2.38. The molecule has 1 aromatic rings. The zero-order valence-electron chi connectivity index (χ0n) is 10.8. The third-order valence-electron chi connectivity index (χ3n) is 3.10. The third-order valence-corrected chi connectivity index (χ3v) is 3.63. The summed E-state index contributed by atoms with van der Waals surface area (Å²) in [6.45, 7) is 2.07. The van der Waals surface area contributed by atoms with Gasteiger partial charge in [-0.05, 0) is 43.7 Å². The summed E-state index contributed by atoms with van der Waals surface area (Å²) in [6.07, 6.45) is 2.84. The molecule has 0 saturated carbocycles. The molecule has 4 nitrogen and oxygen atoms in total. The van der Waals surface area contributed by atoms with Crippen LogP contribution in [0.15, 0.2) is 28.7 Å². The minimum Gasteiger partial charge on any atom is -0.492 e. The Balaban J connectivity index is 1.58. The van der Waals surface area contributed by atoms with Gasteiger partial charge in [-0.1, -0.05) is 15.9 Å². The van der Waals surface area contributed by atoms with Crippen molar-refractivity contribution in [1.29, 1.82) is 0 Å². The molecule has 1 fully saturated rings. The fourth-order valence-electron chi connectivity index (χ4n) is 2.12. The second-order valence-electron chi connectivity index (χ2n) is 4.65. The monoisotopic (exact) mass is 326 g/mol. The number of halogens is 1. The van der Waals surface area contributed by atoms with Crippen molar-refractivity contribution in [3.05, 3.63) is 28.7 Å². The molecule has 1 heterocycles. The molecule has 1 saturated heterocycles. The molecule has 0 spiro atoms. The molecule has 2 N–H and O–H groups in total. The predicted octanol–water partition coefficient (Wildman–Crippen LogP) is 2.09. The zero-order valence-corrected chi connectivity index (χ0v) is 12.4. The quantitative estimate of drug-likeness (QED) is 0.787. The van der Waals surface area contributed by atoms with Gasteiger partial charge in [0.1, 0.15) is 12.4 Å². The van der Waals surface area contributed by atoms with Crippen molar-refractivity contribution in [3.8, 4) is 5.75 Å². The highest BCUT2D eigenvalue weighted by atomic mass is 79.9. The Bertz CT molecular complexity index is 402. The summed E-state index contributed by atoms with van der Waals surface area (Å²) in [5.74, 6) is 0.911. The van der Waals surface area contributed by atoms with Crippen molar-refractivity contribution in [2.75, 3.05) is 19.7 Å². The molecule has 0 aromatic heterocycles. The number of rotatable bonds is 6. The summed E-state index contributed by atoms with van der Waals surface area (Å²) >= 11 is 3.37. The maximum atomic E-state index is 11.6. The molecule has 0 bridgehead atoms. The predicted molar refractivity (Wildman–Crippen MR) is 78.3 cm³/mol. The molecule has 1 atom stereocenters. The van der Waals surface area contributed by atoms with E-state index in [0.717, 1.165) is 23.2 Å². The number of hydrogen-bond acceptors (Lipinski definition) is 3. The van der Waals surface area contributed by atoms with Gasteiger partial charge < -0.3 is 15.4 Å². The summed E-state index contributed by atoms with van der Waals surface area (Å²) in [4.78, 5) is 11.6. The molecule has 1 aromatic carbocycles. The smallest absolute Gasteiger partial charge is 0.221 e. The molecule has 1 unspecified atom stereocenters. The van der Waals surface area contributed by atoms with Gasteiger partial charge in [0.15, 0.2) is 0 Å². The van der Waals surface area contributed by atoms with Crippen LogP contribution < -0.4 is 15.4 Å². The fraction of sp³-hybridized carbons (Fsp3) is 0.500. The average Bonchev–Trinajstić information content (AvgIpc) is 2.89. The zero-order chi connectivity index (χ0) is 13.5. The van der Waals surface area contributed by atoms with Gasteiger partial charge in [0.25, 0.3) is 0 Å². The van der Waals surface area contributed by atoms with Gasteiger partial charge in [0, 0.05) is 16.9 Å². The van der Waals surface area contributed by atoms with Crippen LogP contribution in [-0.4, -0.2) is 31.6 Å². The molecular weight excluding hydrogens is 308 g/mol. The maximum absolute atomic E-state index is 11.6. The van der Waals surface area contributed by atoms with Gasteiger partial charge in [-0.15, -0.1) is 0 Å². The van der Waals surface area contributed by atoms with E-state index >= 15 is 0 Å². The van der Waals surface area contributed by atoms with Gasteiger partial charge >= 0.3 is 0 Å². The van der Waals surface area contributed by atoms with Crippen molar-refractivity contribution >= 4 is 21.8 Å². The molecule has 1 aliphatic rings. The second kappa shape index (κ2) is 7.50. The molecule has 1 amide bonds. The van der Waals surface area contributed by atoms with Gasteiger partial charge in [-0.2, -0.15) is 0 Å². The van der Waals surface area contributed by atoms with E-state index in [1.807, 2.05) is 24.3 Å². The number of nitrogens with one attached hydrogen (secondary N) is 2. The number of benzene rings is 1. The lowest BCUT2D eigenvalue weighted by atomic mass is 10.1. The van der Waals surface area contributed by atoms with E-state index in [1.165, 1.54) is 6.42 Å². The first-order valence-electron chi connectivity index (χ1n) is 6.62. The second-order valence-corrected chi connectivity index (χ2v) is 5.57. The Morgan fingerprint density at radius 2 is 2.21 bits per heavy atom. The Morgan fingerprint density at radius 3 is 2.89 bits per heavy atom. The van der Waals surface area contributed by atoms with E-state index in [9.17, 15) is 4.79 Å². The highest BCUT2D eigenvalue weighted by Crippen LogP contribution is 2.15. The normalized spacial score (nSPS) is 18.3. The maximum Gasteiger partial charge on any atom is 0.221 e. The Hall–Kier alpha value is -1.07. The van der Waals surface area contributed by atoms with Crippen LogP contribution in [-0.2, 0) is 4.79 Å². The summed E-state index contributed by atoms with van der Waals surface area (Å²) in [5.41, 5.74) is 0. The average molecular weight is 327 g/mol. The van der Waals surface area contributed by atoms with Crippen molar-refractivity contribution in [2.24, 2.45) is 0 Å². The first kappa shape index (κ1) is 14.3. The topological polar surface area (TPSA) is 50.4 Å². The summed E-state index contributed by atoms with van der Waals surface area (Å²) in [7, 11) is 0. The van der Waals surface area contributed by atoms with E-state index in [2.05, 4.69) is 26.6 Å². The van der Waals surface area contributed by atoms with Crippen LogP contribution >= 0.6 is 15.9 Å².